The van der Waals surface area contributed by atoms with Crippen molar-refractivity contribution in [2.24, 2.45) is 5.92 Å². The van der Waals surface area contributed by atoms with Gasteiger partial charge in [0.25, 0.3) is 5.91 Å². The summed E-state index contributed by atoms with van der Waals surface area (Å²) in [7, 11) is 0. The summed E-state index contributed by atoms with van der Waals surface area (Å²) in [6, 6.07) is 5.56. The summed E-state index contributed by atoms with van der Waals surface area (Å²) in [5.41, 5.74) is 1.46. The van der Waals surface area contributed by atoms with Crippen LogP contribution in [-0.2, 0) is 0 Å². The van der Waals surface area contributed by atoms with Crippen LogP contribution in [0, 0.1) is 5.92 Å². The monoisotopic (exact) mass is 310 g/mol. The van der Waals surface area contributed by atoms with Crippen LogP contribution in [0.5, 0.6) is 0 Å². The molecule has 1 atom stereocenters. The summed E-state index contributed by atoms with van der Waals surface area (Å²) in [6.45, 7) is 9.36. The van der Waals surface area contributed by atoms with E-state index in [0.717, 1.165) is 31.5 Å². The van der Waals surface area contributed by atoms with Gasteiger partial charge in [0.05, 0.1) is 5.56 Å². The molecule has 0 saturated heterocycles. The summed E-state index contributed by atoms with van der Waals surface area (Å²) in [5, 5.41) is 6.91. The van der Waals surface area contributed by atoms with E-state index in [4.69, 9.17) is 11.6 Å². The average Bonchev–Trinajstić information content (AvgIpc) is 2.43. The smallest absolute Gasteiger partial charge is 0.253 e. The molecule has 118 valence electrons. The number of nitrogens with one attached hydrogen (secondary N) is 2. The summed E-state index contributed by atoms with van der Waals surface area (Å²) < 4.78 is 0. The lowest BCUT2D eigenvalue weighted by Gasteiger charge is -2.17. The van der Waals surface area contributed by atoms with E-state index in [1.54, 1.807) is 12.1 Å². The van der Waals surface area contributed by atoms with E-state index < -0.39 is 0 Å². The highest BCUT2D eigenvalue weighted by Crippen LogP contribution is 2.21. The minimum Gasteiger partial charge on any atom is -0.384 e. The summed E-state index contributed by atoms with van der Waals surface area (Å²) >= 11 is 6.03. The van der Waals surface area contributed by atoms with E-state index in [0.29, 0.717) is 16.5 Å². The van der Waals surface area contributed by atoms with Gasteiger partial charge < -0.3 is 10.6 Å². The molecule has 0 spiro atoms. The van der Waals surface area contributed by atoms with Crippen LogP contribution in [0.4, 0.5) is 5.69 Å². The topological polar surface area (TPSA) is 41.1 Å². The van der Waals surface area contributed by atoms with Gasteiger partial charge in [-0.05, 0) is 50.3 Å². The molecule has 0 fully saturated rings. The molecule has 0 aromatic heterocycles. The number of anilines is 1. The maximum absolute atomic E-state index is 12.4. The van der Waals surface area contributed by atoms with Gasteiger partial charge in [-0.1, -0.05) is 32.4 Å². The Morgan fingerprint density at radius 1 is 1.24 bits per heavy atom. The molecule has 0 aliphatic carbocycles. The second-order valence-corrected chi connectivity index (χ2v) is 6.40. The first-order chi connectivity index (χ1) is 9.93. The Labute approximate surface area is 133 Å². The van der Waals surface area contributed by atoms with Crippen molar-refractivity contribution in [3.05, 3.63) is 28.8 Å². The number of hydrogen-bond donors (Lipinski definition) is 2. The fourth-order valence-corrected chi connectivity index (χ4v) is 2.25. The molecular weight excluding hydrogens is 284 g/mol. The van der Waals surface area contributed by atoms with Crippen LogP contribution in [-0.4, -0.2) is 18.5 Å². The molecule has 3 nitrogen and oxygen atoms in total. The zero-order valence-corrected chi connectivity index (χ0v) is 14.3. The first kappa shape index (κ1) is 17.8. The second kappa shape index (κ2) is 8.93. The highest BCUT2D eigenvalue weighted by molar-refractivity contribution is 6.31. The molecule has 1 unspecified atom stereocenters. The maximum Gasteiger partial charge on any atom is 0.253 e. The summed E-state index contributed by atoms with van der Waals surface area (Å²) in [5.74, 6) is 0.588. The van der Waals surface area contributed by atoms with Gasteiger partial charge in [0.1, 0.15) is 0 Å². The minimum absolute atomic E-state index is 0.0626. The number of carbonyl (C=O) groups excluding carboxylic acids is 1. The number of benzene rings is 1. The third kappa shape index (κ3) is 6.38. The molecule has 4 heteroatoms. The Morgan fingerprint density at radius 3 is 2.57 bits per heavy atom. The van der Waals surface area contributed by atoms with Gasteiger partial charge in [0, 0.05) is 23.3 Å². The van der Waals surface area contributed by atoms with E-state index in [1.165, 1.54) is 0 Å². The van der Waals surface area contributed by atoms with Crippen LogP contribution < -0.4 is 10.6 Å². The number of halogens is 1. The maximum atomic E-state index is 12.4. The third-order valence-corrected chi connectivity index (χ3v) is 3.58. The van der Waals surface area contributed by atoms with Gasteiger partial charge >= 0.3 is 0 Å². The van der Waals surface area contributed by atoms with Crippen molar-refractivity contribution in [1.29, 1.82) is 0 Å². The first-order valence-electron chi connectivity index (χ1n) is 7.78. The van der Waals surface area contributed by atoms with Gasteiger partial charge in [-0.25, -0.2) is 0 Å². The Hall–Kier alpha value is -1.22. The standard InChI is InChI=1S/C17H27ClN2O/c1-5-10-19-16-9-8-14(18)11-15(16)17(21)20-13(4)7-6-12(2)3/h8-9,11-13,19H,5-7,10H2,1-4H3,(H,20,21). The molecule has 0 heterocycles. The van der Waals surface area contributed by atoms with E-state index in [-0.39, 0.29) is 11.9 Å². The van der Waals surface area contributed by atoms with Crippen molar-refractivity contribution in [2.45, 2.75) is 53.0 Å². The minimum atomic E-state index is -0.0626. The van der Waals surface area contributed by atoms with Crippen LogP contribution >= 0.6 is 11.6 Å². The van der Waals surface area contributed by atoms with E-state index in [9.17, 15) is 4.79 Å². The quantitative estimate of drug-likeness (QED) is 0.729. The van der Waals surface area contributed by atoms with Crippen LogP contribution in [0.15, 0.2) is 18.2 Å². The fraction of sp³-hybridized carbons (Fsp3) is 0.588. The molecule has 1 amide bonds. The van der Waals surface area contributed by atoms with Crippen LogP contribution in [0.2, 0.25) is 5.02 Å². The first-order valence-corrected chi connectivity index (χ1v) is 8.16. The molecule has 0 radical (unpaired) electrons. The van der Waals surface area contributed by atoms with Gasteiger partial charge in [0.15, 0.2) is 0 Å². The SMILES string of the molecule is CCCNc1ccc(Cl)cc1C(=O)NC(C)CCC(C)C. The van der Waals surface area contributed by atoms with Crippen molar-refractivity contribution in [1.82, 2.24) is 5.32 Å². The molecule has 2 N–H and O–H groups in total. The van der Waals surface area contributed by atoms with Gasteiger partial charge in [0.2, 0.25) is 0 Å². The Bertz CT molecular complexity index is 460. The van der Waals surface area contributed by atoms with Crippen molar-refractivity contribution in [3.8, 4) is 0 Å². The lowest BCUT2D eigenvalue weighted by Crippen LogP contribution is -2.33. The van der Waals surface area contributed by atoms with Crippen molar-refractivity contribution in [2.75, 3.05) is 11.9 Å². The normalized spacial score (nSPS) is 12.3. The molecule has 0 saturated carbocycles. The number of amides is 1. The zero-order chi connectivity index (χ0) is 15.8. The van der Waals surface area contributed by atoms with Gasteiger partial charge in [-0.3, -0.25) is 4.79 Å². The summed E-state index contributed by atoms with van der Waals surface area (Å²) in [4.78, 5) is 12.4. The van der Waals surface area contributed by atoms with Gasteiger partial charge in [-0.2, -0.15) is 0 Å². The highest BCUT2D eigenvalue weighted by atomic mass is 35.5. The molecule has 0 aliphatic heterocycles. The zero-order valence-electron chi connectivity index (χ0n) is 13.5. The van der Waals surface area contributed by atoms with Crippen molar-refractivity contribution >= 4 is 23.2 Å². The predicted octanol–water partition coefficient (Wildman–Crippen LogP) is 4.72. The number of hydrogen-bond acceptors (Lipinski definition) is 2. The lowest BCUT2D eigenvalue weighted by molar-refractivity contribution is 0.0938. The Balaban J connectivity index is 2.73. The molecule has 1 rings (SSSR count). The molecule has 0 aliphatic rings. The van der Waals surface area contributed by atoms with Crippen molar-refractivity contribution < 1.29 is 4.79 Å². The molecule has 1 aromatic carbocycles. The molecule has 1 aromatic rings. The highest BCUT2D eigenvalue weighted by Gasteiger charge is 2.14. The van der Waals surface area contributed by atoms with Crippen LogP contribution in [0.1, 0.15) is 57.3 Å². The number of carbonyl (C=O) groups is 1. The lowest BCUT2D eigenvalue weighted by atomic mass is 10.0. The molecule has 0 bridgehead atoms. The third-order valence-electron chi connectivity index (χ3n) is 3.35. The van der Waals surface area contributed by atoms with E-state index >= 15 is 0 Å². The predicted molar refractivity (Wildman–Crippen MR) is 91.2 cm³/mol. The fourth-order valence-electron chi connectivity index (χ4n) is 2.08. The average molecular weight is 311 g/mol. The summed E-state index contributed by atoms with van der Waals surface area (Å²) in [6.07, 6.45) is 3.11. The van der Waals surface area contributed by atoms with Crippen LogP contribution in [0.3, 0.4) is 0 Å². The van der Waals surface area contributed by atoms with Crippen LogP contribution in [0.25, 0.3) is 0 Å². The van der Waals surface area contributed by atoms with E-state index in [1.807, 2.05) is 13.0 Å². The Kier molecular flexibility index (Phi) is 7.58. The Morgan fingerprint density at radius 2 is 1.95 bits per heavy atom. The van der Waals surface area contributed by atoms with Gasteiger partial charge in [-0.15, -0.1) is 0 Å². The number of rotatable bonds is 8. The largest absolute Gasteiger partial charge is 0.384 e. The second-order valence-electron chi connectivity index (χ2n) is 5.96. The molecule has 21 heavy (non-hydrogen) atoms. The van der Waals surface area contributed by atoms with E-state index in [2.05, 4.69) is 31.4 Å². The van der Waals surface area contributed by atoms with Crippen molar-refractivity contribution in [3.63, 3.8) is 0 Å². The molecular formula is C17H27ClN2O.